The first-order valence-corrected chi connectivity index (χ1v) is 7.50. The molecule has 0 saturated carbocycles. The van der Waals surface area contributed by atoms with E-state index in [0.717, 1.165) is 0 Å². The van der Waals surface area contributed by atoms with E-state index in [0.29, 0.717) is 0 Å². The molecule has 23 heavy (non-hydrogen) atoms. The predicted molar refractivity (Wildman–Crippen MR) is 104 cm³/mol. The Bertz CT molecular complexity index is 405. The Hall–Kier alpha value is -0.560. The standard InChI is InChI=1S/2C10H15.2CH3.Nb/c2*1-6-7(2)9(4)10(5)8(6)3;;;/h2*1-5H3;2*1H3;/q4*-1;. The topological polar surface area (TPSA) is 0 Å². The van der Waals surface area contributed by atoms with E-state index in [9.17, 15) is 0 Å². The molecule has 1 radical (unpaired) electrons. The van der Waals surface area contributed by atoms with Gasteiger partial charge in [0.2, 0.25) is 0 Å². The second kappa shape index (κ2) is 10.3. The third-order valence-corrected chi connectivity index (χ3v) is 5.62. The van der Waals surface area contributed by atoms with E-state index >= 15 is 0 Å². The first-order valence-electron chi connectivity index (χ1n) is 7.50. The van der Waals surface area contributed by atoms with Crippen molar-refractivity contribution in [3.63, 3.8) is 0 Å². The fourth-order valence-corrected chi connectivity index (χ4v) is 2.81. The van der Waals surface area contributed by atoms with Gasteiger partial charge in [0.1, 0.15) is 0 Å². The molecular formula is C22H36Nb-4. The molecule has 2 aromatic rings. The van der Waals surface area contributed by atoms with Gasteiger partial charge in [-0.2, -0.15) is 55.6 Å². The third-order valence-electron chi connectivity index (χ3n) is 5.62. The average Bonchev–Trinajstić information content (AvgIpc) is 2.71. The van der Waals surface area contributed by atoms with Crippen molar-refractivity contribution < 1.29 is 22.4 Å². The molecule has 0 saturated heterocycles. The van der Waals surface area contributed by atoms with Gasteiger partial charge in [-0.3, -0.25) is 0 Å². The van der Waals surface area contributed by atoms with Gasteiger partial charge in [0.05, 0.1) is 0 Å². The molecule has 133 valence electrons. The molecule has 0 N–H and O–H groups in total. The summed E-state index contributed by atoms with van der Waals surface area (Å²) in [5.74, 6) is 0. The van der Waals surface area contributed by atoms with Crippen molar-refractivity contribution in [2.75, 3.05) is 0 Å². The monoisotopic (exact) mass is 393 g/mol. The average molecular weight is 393 g/mol. The van der Waals surface area contributed by atoms with Crippen molar-refractivity contribution in [1.29, 1.82) is 0 Å². The molecule has 0 bridgehead atoms. The molecule has 2 aromatic carbocycles. The predicted octanol–water partition coefficient (Wildman–Crippen LogP) is 6.79. The van der Waals surface area contributed by atoms with Gasteiger partial charge in [0, 0.05) is 22.4 Å². The molecule has 0 aliphatic rings. The normalized spacial score (nSPS) is 9.13. The van der Waals surface area contributed by atoms with E-state index in [1.807, 2.05) is 0 Å². The maximum atomic E-state index is 2.20. The molecule has 0 heterocycles. The SMILES string of the molecule is Cc1c(C)c(C)[c-](C)c1C.Cc1c(C)c(C)[c-](C)c1C.[CH3-].[CH3-].[Nb]. The van der Waals surface area contributed by atoms with Crippen molar-refractivity contribution in [1.82, 2.24) is 0 Å². The van der Waals surface area contributed by atoms with Crippen molar-refractivity contribution in [2.24, 2.45) is 0 Å². The molecule has 0 amide bonds. The second-order valence-electron chi connectivity index (χ2n) is 6.25. The third kappa shape index (κ3) is 5.21. The van der Waals surface area contributed by atoms with E-state index in [-0.39, 0.29) is 37.2 Å². The summed E-state index contributed by atoms with van der Waals surface area (Å²) < 4.78 is 0. The summed E-state index contributed by atoms with van der Waals surface area (Å²) in [4.78, 5) is 0. The van der Waals surface area contributed by atoms with Gasteiger partial charge in [0.25, 0.3) is 0 Å². The van der Waals surface area contributed by atoms with E-state index in [1.165, 1.54) is 55.6 Å². The van der Waals surface area contributed by atoms with Crippen LogP contribution in [0.5, 0.6) is 0 Å². The molecule has 0 aromatic heterocycles. The van der Waals surface area contributed by atoms with Gasteiger partial charge in [-0.25, -0.2) is 0 Å². The summed E-state index contributed by atoms with van der Waals surface area (Å²) in [7, 11) is 0. The molecule has 2 rings (SSSR count). The Morgan fingerprint density at radius 1 is 0.435 bits per heavy atom. The van der Waals surface area contributed by atoms with Crippen molar-refractivity contribution >= 4 is 0 Å². The fraction of sp³-hybridized carbons (Fsp3) is 0.455. The van der Waals surface area contributed by atoms with Crippen LogP contribution in [0.15, 0.2) is 0 Å². The second-order valence-corrected chi connectivity index (χ2v) is 6.25. The summed E-state index contributed by atoms with van der Waals surface area (Å²) in [5, 5.41) is 0. The van der Waals surface area contributed by atoms with Gasteiger partial charge in [-0.1, -0.05) is 69.2 Å². The minimum atomic E-state index is 0. The summed E-state index contributed by atoms with van der Waals surface area (Å²) in [5.41, 5.74) is 14.7. The molecule has 0 spiro atoms. The van der Waals surface area contributed by atoms with E-state index in [1.54, 1.807) is 0 Å². The Kier molecular flexibility index (Phi) is 12.3. The molecule has 0 fully saturated rings. The molecule has 0 aliphatic heterocycles. The van der Waals surface area contributed by atoms with Gasteiger partial charge in [-0.15, -0.1) is 0 Å². The zero-order chi connectivity index (χ0) is 15.8. The van der Waals surface area contributed by atoms with Crippen LogP contribution in [0.3, 0.4) is 0 Å². The van der Waals surface area contributed by atoms with Gasteiger partial charge in [0.15, 0.2) is 0 Å². The van der Waals surface area contributed by atoms with Crippen LogP contribution in [0.25, 0.3) is 0 Å². The van der Waals surface area contributed by atoms with Crippen LogP contribution in [0.1, 0.15) is 55.6 Å². The quantitative estimate of drug-likeness (QED) is 0.341. The summed E-state index contributed by atoms with van der Waals surface area (Å²) in [6, 6.07) is 0. The van der Waals surface area contributed by atoms with Crippen LogP contribution >= 0.6 is 0 Å². The smallest absolute Gasteiger partial charge is 0 e. The number of hydrogen-bond acceptors (Lipinski definition) is 0. The number of hydrogen-bond donors (Lipinski definition) is 0. The summed E-state index contributed by atoms with van der Waals surface area (Å²) in [6.45, 7) is 22.0. The summed E-state index contributed by atoms with van der Waals surface area (Å²) >= 11 is 0. The van der Waals surface area contributed by atoms with Crippen molar-refractivity contribution in [3.8, 4) is 0 Å². The molecule has 0 aliphatic carbocycles. The molecule has 1 heteroatoms. The van der Waals surface area contributed by atoms with Crippen molar-refractivity contribution in [3.05, 3.63) is 70.5 Å². The molecule has 0 unspecified atom stereocenters. The summed E-state index contributed by atoms with van der Waals surface area (Å²) in [6.07, 6.45) is 0. The molecule has 0 atom stereocenters. The van der Waals surface area contributed by atoms with Crippen molar-refractivity contribution in [2.45, 2.75) is 69.2 Å². The van der Waals surface area contributed by atoms with Crippen LogP contribution in [-0.2, 0) is 22.4 Å². The fourth-order valence-electron chi connectivity index (χ4n) is 2.81. The minimum absolute atomic E-state index is 0. The zero-order valence-corrected chi connectivity index (χ0v) is 19.6. The zero-order valence-electron chi connectivity index (χ0n) is 17.4. The van der Waals surface area contributed by atoms with Gasteiger partial charge >= 0.3 is 0 Å². The Morgan fingerprint density at radius 2 is 0.565 bits per heavy atom. The molecular weight excluding hydrogens is 357 g/mol. The van der Waals surface area contributed by atoms with Crippen LogP contribution in [0.2, 0.25) is 0 Å². The van der Waals surface area contributed by atoms with E-state index in [2.05, 4.69) is 69.2 Å². The first kappa shape index (κ1) is 27.3. The number of rotatable bonds is 0. The van der Waals surface area contributed by atoms with Crippen LogP contribution in [0.4, 0.5) is 0 Å². The largest absolute Gasteiger partial charge is 0.358 e. The van der Waals surface area contributed by atoms with Crippen LogP contribution < -0.4 is 0 Å². The Labute approximate surface area is 161 Å². The maximum Gasteiger partial charge on any atom is 0 e. The van der Waals surface area contributed by atoms with Gasteiger partial charge in [-0.05, 0) is 0 Å². The van der Waals surface area contributed by atoms with E-state index < -0.39 is 0 Å². The van der Waals surface area contributed by atoms with Crippen LogP contribution in [0, 0.1) is 84.1 Å². The first-order chi connectivity index (χ1) is 9.11. The van der Waals surface area contributed by atoms with Gasteiger partial charge < -0.3 is 14.9 Å². The minimum Gasteiger partial charge on any atom is -0.358 e. The Balaban J connectivity index is -0.000000308. The van der Waals surface area contributed by atoms with Crippen LogP contribution in [-0.4, -0.2) is 0 Å². The molecule has 0 nitrogen and oxygen atoms in total. The van der Waals surface area contributed by atoms with E-state index in [4.69, 9.17) is 0 Å². The Morgan fingerprint density at radius 3 is 0.609 bits per heavy atom. The maximum absolute atomic E-state index is 2.20.